The van der Waals surface area contributed by atoms with Gasteiger partial charge in [0.05, 0.1) is 20.8 Å². The Labute approximate surface area is 320 Å². The molecule has 15 heteroatoms. The highest BCUT2D eigenvalue weighted by atomic mass is 16.5. The van der Waals surface area contributed by atoms with Crippen molar-refractivity contribution in [1.82, 2.24) is 30.7 Å². The van der Waals surface area contributed by atoms with E-state index in [2.05, 4.69) is 16.0 Å². The van der Waals surface area contributed by atoms with Crippen molar-refractivity contribution < 1.29 is 43.0 Å². The van der Waals surface area contributed by atoms with E-state index in [4.69, 9.17) is 14.2 Å². The molecule has 3 aromatic rings. The van der Waals surface area contributed by atoms with Gasteiger partial charge in [-0.25, -0.2) is 0 Å². The van der Waals surface area contributed by atoms with Crippen molar-refractivity contribution in [3.63, 3.8) is 0 Å². The maximum absolute atomic E-state index is 14.6. The molecule has 6 amide bonds. The lowest BCUT2D eigenvalue weighted by Gasteiger charge is -2.36. The van der Waals surface area contributed by atoms with Crippen LogP contribution in [0, 0.1) is 0 Å². The normalized spacial score (nSPS) is 23.2. The fourth-order valence-corrected chi connectivity index (χ4v) is 6.59. The first kappa shape index (κ1) is 40.1. The SMILES string of the molecule is COc1ccc(C[C@H]2C(=O)N[C@@H](C)C(=O)N(C)[C@H]3Cc4ccc(cc4)Oc4cc(ccc4OC)CC(C(=O)N[C@H](C)C(=O)NCC(=O)N2C)N(C)C3=O)cc1. The van der Waals surface area contributed by atoms with Crippen LogP contribution in [0.2, 0.25) is 0 Å². The second kappa shape index (κ2) is 17.3. The van der Waals surface area contributed by atoms with Crippen LogP contribution in [-0.2, 0) is 48.0 Å². The van der Waals surface area contributed by atoms with E-state index < -0.39 is 72.2 Å². The lowest BCUT2D eigenvalue weighted by Crippen LogP contribution is -2.60. The molecule has 6 bridgehead atoms. The number of ether oxygens (including phenoxy) is 3. The monoisotopic (exact) mass is 756 g/mol. The number of nitrogens with zero attached hydrogens (tertiary/aromatic N) is 3. The number of hydrogen-bond acceptors (Lipinski definition) is 9. The van der Waals surface area contributed by atoms with Gasteiger partial charge < -0.3 is 44.9 Å². The van der Waals surface area contributed by atoms with E-state index >= 15 is 0 Å². The number of rotatable bonds is 4. The number of carbonyl (C=O) groups excluding carboxylic acids is 6. The number of methoxy groups -OCH3 is 2. The molecular formula is C40H48N6O9. The van der Waals surface area contributed by atoms with Crippen LogP contribution >= 0.6 is 0 Å². The topological polar surface area (TPSA) is 176 Å². The zero-order valence-electron chi connectivity index (χ0n) is 32.1. The molecule has 3 aromatic carbocycles. The van der Waals surface area contributed by atoms with Crippen LogP contribution in [0.25, 0.3) is 0 Å². The van der Waals surface area contributed by atoms with Crippen LogP contribution < -0.4 is 30.2 Å². The Morgan fingerprint density at radius 3 is 1.95 bits per heavy atom. The van der Waals surface area contributed by atoms with Crippen molar-refractivity contribution in [3.8, 4) is 23.0 Å². The largest absolute Gasteiger partial charge is 0.497 e. The average molecular weight is 757 g/mol. The fraction of sp³-hybridized carbons (Fsp3) is 0.400. The summed E-state index contributed by atoms with van der Waals surface area (Å²) in [5.41, 5.74) is 2.03. The minimum Gasteiger partial charge on any atom is -0.497 e. The number of fused-ring (bicyclic) bond motifs is 2. The van der Waals surface area contributed by atoms with Gasteiger partial charge in [-0.1, -0.05) is 30.3 Å². The van der Waals surface area contributed by atoms with Crippen LogP contribution in [-0.4, -0.2) is 122 Å². The molecule has 5 atom stereocenters. The van der Waals surface area contributed by atoms with E-state index in [9.17, 15) is 28.8 Å². The summed E-state index contributed by atoms with van der Waals surface area (Å²) in [4.78, 5) is 87.3. The summed E-state index contributed by atoms with van der Waals surface area (Å²) in [6.07, 6.45) is 0.152. The van der Waals surface area contributed by atoms with E-state index in [0.29, 0.717) is 39.7 Å². The molecule has 3 aliphatic heterocycles. The summed E-state index contributed by atoms with van der Waals surface area (Å²) in [5, 5.41) is 8.01. The molecule has 0 radical (unpaired) electrons. The molecule has 15 nitrogen and oxygen atoms in total. The number of carbonyl (C=O) groups is 6. The molecule has 1 unspecified atom stereocenters. The van der Waals surface area contributed by atoms with Gasteiger partial charge in [-0.15, -0.1) is 0 Å². The molecule has 0 aromatic heterocycles. The first-order valence-corrected chi connectivity index (χ1v) is 17.9. The molecule has 292 valence electrons. The Kier molecular flexibility index (Phi) is 12.6. The summed E-state index contributed by atoms with van der Waals surface area (Å²) in [6, 6.07) is 13.6. The first-order chi connectivity index (χ1) is 26.2. The standard InChI is InChI=1S/C40H48N6O9/c1-23-36(48)41-22-35(47)44(3)30(18-25-8-13-28(53-6)14-9-25)37(49)43-24(2)39(51)46(5)32-19-26-10-15-29(16-11-26)55-34-21-27(12-17-33(34)54-7)20-31(38(50)42-23)45(4)40(32)52/h8-17,21,23-24,30-32H,18-20,22H2,1-7H3,(H,41,48)(H,42,50)(H,43,49)/t23-,24+,30+,31?,32+/m1/s1. The smallest absolute Gasteiger partial charge is 0.246 e. The minimum absolute atomic E-state index is 0.00998. The van der Waals surface area contributed by atoms with Crippen molar-refractivity contribution >= 4 is 35.4 Å². The van der Waals surface area contributed by atoms with E-state index in [0.717, 1.165) is 0 Å². The van der Waals surface area contributed by atoms with Crippen LogP contribution in [0.4, 0.5) is 0 Å². The Morgan fingerprint density at radius 1 is 0.673 bits per heavy atom. The molecule has 0 saturated carbocycles. The summed E-state index contributed by atoms with van der Waals surface area (Å²) in [7, 11) is 7.43. The van der Waals surface area contributed by atoms with E-state index in [1.807, 2.05) is 0 Å². The zero-order valence-corrected chi connectivity index (χ0v) is 32.1. The van der Waals surface area contributed by atoms with Gasteiger partial charge in [0, 0.05) is 40.4 Å². The Balaban J connectivity index is 1.56. The number of amides is 6. The van der Waals surface area contributed by atoms with Crippen LogP contribution in [0.5, 0.6) is 23.0 Å². The fourth-order valence-electron chi connectivity index (χ4n) is 6.59. The third-order valence-electron chi connectivity index (χ3n) is 10.1. The number of hydrogen-bond donors (Lipinski definition) is 3. The van der Waals surface area contributed by atoms with Gasteiger partial charge in [0.2, 0.25) is 35.4 Å². The van der Waals surface area contributed by atoms with Crippen molar-refractivity contribution in [2.75, 3.05) is 41.9 Å². The average Bonchev–Trinajstić information content (AvgIpc) is 3.18. The van der Waals surface area contributed by atoms with Crippen molar-refractivity contribution in [3.05, 3.63) is 83.4 Å². The molecule has 0 aliphatic carbocycles. The van der Waals surface area contributed by atoms with Gasteiger partial charge in [0.15, 0.2) is 11.5 Å². The van der Waals surface area contributed by atoms with Crippen molar-refractivity contribution in [2.24, 2.45) is 0 Å². The highest BCUT2D eigenvalue weighted by Gasteiger charge is 2.38. The number of nitrogens with one attached hydrogen (secondary N) is 3. The number of benzene rings is 3. The maximum atomic E-state index is 14.6. The van der Waals surface area contributed by atoms with Gasteiger partial charge in [-0.2, -0.15) is 0 Å². The zero-order chi connectivity index (χ0) is 40.0. The Hall–Kier alpha value is -6.12. The van der Waals surface area contributed by atoms with E-state index in [-0.39, 0.29) is 19.3 Å². The van der Waals surface area contributed by atoms with Gasteiger partial charge in [-0.3, -0.25) is 28.8 Å². The molecule has 3 heterocycles. The van der Waals surface area contributed by atoms with Crippen LogP contribution in [0.15, 0.2) is 66.7 Å². The molecule has 0 spiro atoms. The number of likely N-dealkylation sites (N-methyl/N-ethyl adjacent to an activating group) is 3. The second-order valence-electron chi connectivity index (χ2n) is 13.8. The van der Waals surface area contributed by atoms with Gasteiger partial charge in [0.25, 0.3) is 0 Å². The van der Waals surface area contributed by atoms with Crippen molar-refractivity contribution in [1.29, 1.82) is 0 Å². The quantitative estimate of drug-likeness (QED) is 0.356. The van der Waals surface area contributed by atoms with Gasteiger partial charge in [-0.05, 0) is 66.9 Å². The Morgan fingerprint density at radius 2 is 1.29 bits per heavy atom. The maximum Gasteiger partial charge on any atom is 0.246 e. The third-order valence-corrected chi connectivity index (χ3v) is 10.1. The van der Waals surface area contributed by atoms with Gasteiger partial charge >= 0.3 is 0 Å². The Bertz CT molecular complexity index is 1920. The summed E-state index contributed by atoms with van der Waals surface area (Å²) >= 11 is 0. The second-order valence-corrected chi connectivity index (χ2v) is 13.8. The molecule has 1 saturated heterocycles. The van der Waals surface area contributed by atoms with Crippen LogP contribution in [0.1, 0.15) is 30.5 Å². The molecule has 3 aliphatic rings. The van der Waals surface area contributed by atoms with Gasteiger partial charge in [0.1, 0.15) is 41.7 Å². The molecule has 55 heavy (non-hydrogen) atoms. The lowest BCUT2D eigenvalue weighted by atomic mass is 9.98. The highest BCUT2D eigenvalue weighted by molar-refractivity contribution is 5.97. The highest BCUT2D eigenvalue weighted by Crippen LogP contribution is 2.34. The first-order valence-electron chi connectivity index (χ1n) is 17.9. The summed E-state index contributed by atoms with van der Waals surface area (Å²) in [6.45, 7) is 2.49. The minimum atomic E-state index is -1.15. The third kappa shape index (κ3) is 9.34. The molecular weight excluding hydrogens is 708 g/mol. The predicted molar refractivity (Wildman–Crippen MR) is 202 cm³/mol. The summed E-state index contributed by atoms with van der Waals surface area (Å²) < 4.78 is 16.9. The molecule has 6 rings (SSSR count). The molecule has 1 fully saturated rings. The predicted octanol–water partition coefficient (Wildman–Crippen LogP) is 1.46. The summed E-state index contributed by atoms with van der Waals surface area (Å²) in [5.74, 6) is -1.62. The van der Waals surface area contributed by atoms with Crippen molar-refractivity contribution in [2.45, 2.75) is 63.3 Å². The van der Waals surface area contributed by atoms with Crippen LogP contribution in [0.3, 0.4) is 0 Å². The lowest BCUT2D eigenvalue weighted by molar-refractivity contribution is -0.149. The van der Waals surface area contributed by atoms with E-state index in [1.165, 1.54) is 63.9 Å². The van der Waals surface area contributed by atoms with E-state index in [1.54, 1.807) is 66.7 Å². The molecule has 3 N–H and O–H groups in total.